The molecule has 102 valence electrons. The highest BCUT2D eigenvalue weighted by atomic mass is 32.1. The second-order valence-corrected chi connectivity index (χ2v) is 6.46. The van der Waals surface area contributed by atoms with Crippen LogP contribution in [0.2, 0.25) is 0 Å². The molecule has 0 radical (unpaired) electrons. The van der Waals surface area contributed by atoms with E-state index < -0.39 is 0 Å². The summed E-state index contributed by atoms with van der Waals surface area (Å²) in [5, 5.41) is 6.60. The number of nitrogens with one attached hydrogen (secondary N) is 1. The third-order valence-electron chi connectivity index (χ3n) is 2.77. The van der Waals surface area contributed by atoms with Gasteiger partial charge >= 0.3 is 0 Å². The molecular formula is C15H21N3S. The van der Waals surface area contributed by atoms with Crippen LogP contribution in [0.4, 0.5) is 10.8 Å². The van der Waals surface area contributed by atoms with E-state index in [2.05, 4.69) is 60.5 Å². The minimum Gasteiger partial charge on any atom is -0.321 e. The van der Waals surface area contributed by atoms with Crippen molar-refractivity contribution in [1.82, 2.24) is 10.3 Å². The first-order chi connectivity index (χ1) is 8.96. The normalized spacial score (nSPS) is 11.6. The standard InChI is InChI=1S/C15H21N3S/c1-15(2,3)16-10-12-11-19-14(17-12)18(4)13-8-6-5-7-9-13/h5-9,11,16H,10H2,1-4H3. The molecule has 19 heavy (non-hydrogen) atoms. The van der Waals surface area contributed by atoms with Gasteiger partial charge in [-0.1, -0.05) is 18.2 Å². The van der Waals surface area contributed by atoms with Gasteiger partial charge in [0.05, 0.1) is 5.69 Å². The Bertz CT molecular complexity index is 514. The third-order valence-corrected chi connectivity index (χ3v) is 3.74. The number of aromatic nitrogens is 1. The van der Waals surface area contributed by atoms with E-state index in [4.69, 9.17) is 0 Å². The summed E-state index contributed by atoms with van der Waals surface area (Å²) in [6.45, 7) is 7.30. The Labute approximate surface area is 119 Å². The average Bonchev–Trinajstić information content (AvgIpc) is 2.84. The first-order valence-corrected chi connectivity index (χ1v) is 7.32. The molecule has 0 amide bonds. The number of anilines is 2. The highest BCUT2D eigenvalue weighted by Gasteiger charge is 2.12. The van der Waals surface area contributed by atoms with Crippen LogP contribution in [0, 0.1) is 0 Å². The van der Waals surface area contributed by atoms with Gasteiger partial charge in [0, 0.05) is 30.2 Å². The minimum atomic E-state index is 0.120. The summed E-state index contributed by atoms with van der Waals surface area (Å²) in [5.41, 5.74) is 2.37. The molecule has 2 rings (SSSR count). The van der Waals surface area contributed by atoms with Crippen LogP contribution in [0.3, 0.4) is 0 Å². The van der Waals surface area contributed by atoms with Crippen LogP contribution < -0.4 is 10.2 Å². The van der Waals surface area contributed by atoms with Gasteiger partial charge in [0.15, 0.2) is 5.13 Å². The third kappa shape index (κ3) is 4.04. The molecule has 1 heterocycles. The van der Waals surface area contributed by atoms with E-state index in [-0.39, 0.29) is 5.54 Å². The zero-order valence-electron chi connectivity index (χ0n) is 12.0. The largest absolute Gasteiger partial charge is 0.321 e. The Morgan fingerprint density at radius 2 is 1.89 bits per heavy atom. The zero-order valence-corrected chi connectivity index (χ0v) is 12.8. The van der Waals surface area contributed by atoms with Gasteiger partial charge < -0.3 is 10.2 Å². The van der Waals surface area contributed by atoms with Gasteiger partial charge in [0.25, 0.3) is 0 Å². The minimum absolute atomic E-state index is 0.120. The lowest BCUT2D eigenvalue weighted by atomic mass is 10.1. The molecule has 3 nitrogen and oxygen atoms in total. The van der Waals surface area contributed by atoms with Crippen molar-refractivity contribution in [3.05, 3.63) is 41.4 Å². The summed E-state index contributed by atoms with van der Waals surface area (Å²) in [4.78, 5) is 6.79. The second kappa shape index (κ2) is 5.72. The van der Waals surface area contributed by atoms with Gasteiger partial charge in [0.1, 0.15) is 0 Å². The fraction of sp³-hybridized carbons (Fsp3) is 0.400. The van der Waals surface area contributed by atoms with Crippen molar-refractivity contribution in [1.29, 1.82) is 0 Å². The lowest BCUT2D eigenvalue weighted by Crippen LogP contribution is -2.35. The van der Waals surface area contributed by atoms with E-state index in [0.29, 0.717) is 0 Å². The molecule has 0 fully saturated rings. The van der Waals surface area contributed by atoms with Crippen LogP contribution in [-0.4, -0.2) is 17.6 Å². The van der Waals surface area contributed by atoms with E-state index in [1.54, 1.807) is 11.3 Å². The van der Waals surface area contributed by atoms with Crippen molar-refractivity contribution in [2.75, 3.05) is 11.9 Å². The fourth-order valence-corrected chi connectivity index (χ4v) is 2.46. The Hall–Kier alpha value is -1.39. The molecule has 0 unspecified atom stereocenters. The molecule has 1 aromatic carbocycles. The lowest BCUT2D eigenvalue weighted by Gasteiger charge is -2.19. The van der Waals surface area contributed by atoms with Crippen LogP contribution in [0.5, 0.6) is 0 Å². The van der Waals surface area contributed by atoms with Crippen LogP contribution in [-0.2, 0) is 6.54 Å². The molecule has 0 spiro atoms. The Morgan fingerprint density at radius 3 is 2.53 bits per heavy atom. The summed E-state index contributed by atoms with van der Waals surface area (Å²) < 4.78 is 0. The molecule has 0 aliphatic carbocycles. The maximum atomic E-state index is 4.67. The van der Waals surface area contributed by atoms with Gasteiger partial charge in [-0.05, 0) is 32.9 Å². The highest BCUT2D eigenvalue weighted by molar-refractivity contribution is 7.13. The van der Waals surface area contributed by atoms with Crippen molar-refractivity contribution < 1.29 is 0 Å². The second-order valence-electron chi connectivity index (χ2n) is 5.62. The predicted molar refractivity (Wildman–Crippen MR) is 83.2 cm³/mol. The van der Waals surface area contributed by atoms with Crippen LogP contribution in [0.15, 0.2) is 35.7 Å². The van der Waals surface area contributed by atoms with E-state index in [0.717, 1.165) is 23.1 Å². The predicted octanol–water partition coefficient (Wildman–Crippen LogP) is 3.80. The number of benzene rings is 1. The molecule has 0 saturated heterocycles. The van der Waals surface area contributed by atoms with E-state index >= 15 is 0 Å². The van der Waals surface area contributed by atoms with Gasteiger partial charge in [-0.3, -0.25) is 0 Å². The molecular weight excluding hydrogens is 254 g/mol. The molecule has 0 saturated carbocycles. The number of thiazole rings is 1. The van der Waals surface area contributed by atoms with Gasteiger partial charge in [0.2, 0.25) is 0 Å². The molecule has 0 aliphatic rings. The Morgan fingerprint density at radius 1 is 1.21 bits per heavy atom. The fourth-order valence-electron chi connectivity index (χ4n) is 1.65. The Balaban J connectivity index is 2.05. The summed E-state index contributed by atoms with van der Waals surface area (Å²) in [5.74, 6) is 0. The smallest absolute Gasteiger partial charge is 0.189 e. The van der Waals surface area contributed by atoms with E-state index in [1.807, 2.05) is 18.2 Å². The monoisotopic (exact) mass is 275 g/mol. The number of nitrogens with zero attached hydrogens (tertiary/aromatic N) is 2. The van der Waals surface area contributed by atoms with Crippen LogP contribution >= 0.6 is 11.3 Å². The maximum absolute atomic E-state index is 4.67. The van der Waals surface area contributed by atoms with Gasteiger partial charge in [-0.15, -0.1) is 11.3 Å². The van der Waals surface area contributed by atoms with Crippen molar-refractivity contribution in [3.63, 3.8) is 0 Å². The van der Waals surface area contributed by atoms with E-state index in [9.17, 15) is 0 Å². The molecule has 1 aromatic heterocycles. The van der Waals surface area contributed by atoms with Gasteiger partial charge in [-0.2, -0.15) is 0 Å². The van der Waals surface area contributed by atoms with Crippen LogP contribution in [0.1, 0.15) is 26.5 Å². The first-order valence-electron chi connectivity index (χ1n) is 6.44. The summed E-state index contributed by atoms with van der Waals surface area (Å²) in [6, 6.07) is 10.3. The molecule has 0 atom stereocenters. The topological polar surface area (TPSA) is 28.2 Å². The highest BCUT2D eigenvalue weighted by Crippen LogP contribution is 2.26. The average molecular weight is 275 g/mol. The number of hydrogen-bond donors (Lipinski definition) is 1. The van der Waals surface area contributed by atoms with Crippen LogP contribution in [0.25, 0.3) is 0 Å². The van der Waals surface area contributed by atoms with Crippen molar-refractivity contribution in [2.45, 2.75) is 32.9 Å². The number of para-hydroxylation sites is 1. The molecule has 0 bridgehead atoms. The first kappa shape index (κ1) is 14.0. The van der Waals surface area contributed by atoms with Gasteiger partial charge in [-0.25, -0.2) is 4.98 Å². The quantitative estimate of drug-likeness (QED) is 0.920. The molecule has 1 N–H and O–H groups in total. The number of hydrogen-bond acceptors (Lipinski definition) is 4. The van der Waals surface area contributed by atoms with Crippen molar-refractivity contribution in [2.24, 2.45) is 0 Å². The summed E-state index contributed by atoms with van der Waals surface area (Å²) in [7, 11) is 2.05. The molecule has 4 heteroatoms. The summed E-state index contributed by atoms with van der Waals surface area (Å²) >= 11 is 1.68. The maximum Gasteiger partial charge on any atom is 0.189 e. The number of rotatable bonds is 4. The summed E-state index contributed by atoms with van der Waals surface area (Å²) in [6.07, 6.45) is 0. The zero-order chi connectivity index (χ0) is 13.9. The SMILES string of the molecule is CN(c1ccccc1)c1nc(CNC(C)(C)C)cs1. The van der Waals surface area contributed by atoms with Crippen molar-refractivity contribution >= 4 is 22.2 Å². The van der Waals surface area contributed by atoms with Crippen molar-refractivity contribution in [3.8, 4) is 0 Å². The lowest BCUT2D eigenvalue weighted by molar-refractivity contribution is 0.422. The molecule has 0 aliphatic heterocycles. The Kier molecular flexibility index (Phi) is 4.22. The van der Waals surface area contributed by atoms with E-state index in [1.165, 1.54) is 0 Å². The molecule has 2 aromatic rings.